The van der Waals surface area contributed by atoms with Gasteiger partial charge in [-0.2, -0.15) is 4.99 Å². The first kappa shape index (κ1) is 25.5. The van der Waals surface area contributed by atoms with Crippen LogP contribution in [-0.4, -0.2) is 29.6 Å². The summed E-state index contributed by atoms with van der Waals surface area (Å²) in [5, 5.41) is 8.15. The van der Waals surface area contributed by atoms with Crippen molar-refractivity contribution >= 4 is 41.2 Å². The molecule has 12 heteroatoms. The van der Waals surface area contributed by atoms with E-state index < -0.39 is 29.5 Å². The maximum Gasteiger partial charge on any atom is 0.412 e. The fourth-order valence-electron chi connectivity index (χ4n) is 2.72. The van der Waals surface area contributed by atoms with Crippen LogP contribution in [-0.2, 0) is 11.3 Å². The molecule has 0 saturated carbocycles. The lowest BCUT2D eigenvalue weighted by Gasteiger charge is -2.13. The number of benzene rings is 2. The summed E-state index contributed by atoms with van der Waals surface area (Å²) in [6.45, 7) is 1.70. The molecule has 0 spiro atoms. The van der Waals surface area contributed by atoms with Crippen molar-refractivity contribution in [1.29, 1.82) is 0 Å². The molecule has 2 aromatic carbocycles. The number of pyridine rings is 1. The van der Waals surface area contributed by atoms with E-state index in [1.54, 1.807) is 13.0 Å². The molecule has 8 nitrogen and oxygen atoms in total. The fourth-order valence-corrected chi connectivity index (χ4v) is 2.88. The number of guanidine groups is 1. The Morgan fingerprint density at radius 1 is 0.971 bits per heavy atom. The fraction of sp³-hybridized carbons (Fsp3) is 0.130. The van der Waals surface area contributed by atoms with Crippen LogP contribution in [0.3, 0.4) is 0 Å². The minimum absolute atomic E-state index is 0.110. The van der Waals surface area contributed by atoms with Gasteiger partial charge in [-0.1, -0.05) is 23.7 Å². The van der Waals surface area contributed by atoms with E-state index in [1.165, 1.54) is 24.3 Å². The molecule has 182 valence electrons. The average molecular weight is 506 g/mol. The summed E-state index contributed by atoms with van der Waals surface area (Å²) in [7, 11) is 0. The lowest BCUT2D eigenvalue weighted by molar-refractivity contribution is 0.100. The third-order valence-electron chi connectivity index (χ3n) is 4.34. The summed E-state index contributed by atoms with van der Waals surface area (Å²) in [4.78, 5) is 32.2. The van der Waals surface area contributed by atoms with Crippen molar-refractivity contribution in [2.75, 3.05) is 17.2 Å². The molecule has 0 aliphatic heterocycles. The van der Waals surface area contributed by atoms with Gasteiger partial charge in [0.15, 0.2) is 11.6 Å². The van der Waals surface area contributed by atoms with Crippen LogP contribution in [0, 0.1) is 17.5 Å². The molecule has 3 aromatic rings. The van der Waals surface area contributed by atoms with Crippen LogP contribution in [0.5, 0.6) is 0 Å². The van der Waals surface area contributed by atoms with E-state index in [0.717, 1.165) is 18.2 Å². The highest BCUT2D eigenvalue weighted by molar-refractivity contribution is 6.30. The van der Waals surface area contributed by atoms with Crippen molar-refractivity contribution in [2.24, 2.45) is 4.99 Å². The number of rotatable bonds is 6. The zero-order chi connectivity index (χ0) is 25.4. The van der Waals surface area contributed by atoms with Crippen molar-refractivity contribution in [1.82, 2.24) is 10.3 Å². The van der Waals surface area contributed by atoms with E-state index in [2.05, 4.69) is 25.9 Å². The monoisotopic (exact) mass is 505 g/mol. The number of hydrogen-bond acceptors (Lipinski definition) is 4. The first-order chi connectivity index (χ1) is 16.7. The van der Waals surface area contributed by atoms with Crippen molar-refractivity contribution in [2.45, 2.75) is 13.5 Å². The van der Waals surface area contributed by atoms with Crippen LogP contribution in [0.1, 0.15) is 22.8 Å². The predicted octanol–water partition coefficient (Wildman–Crippen LogP) is 5.12. The zero-order valence-electron chi connectivity index (χ0n) is 18.2. The van der Waals surface area contributed by atoms with E-state index in [4.69, 9.17) is 16.3 Å². The van der Waals surface area contributed by atoms with Crippen LogP contribution in [0.15, 0.2) is 59.6 Å². The molecule has 0 aliphatic carbocycles. The minimum atomic E-state index is -1.21. The molecule has 0 unspecified atom stereocenters. The van der Waals surface area contributed by atoms with Crippen LogP contribution in [0.2, 0.25) is 5.02 Å². The molecule has 3 rings (SSSR count). The van der Waals surface area contributed by atoms with E-state index >= 15 is 0 Å². The molecule has 35 heavy (non-hydrogen) atoms. The van der Waals surface area contributed by atoms with E-state index in [9.17, 15) is 22.8 Å². The third kappa shape index (κ3) is 7.44. The highest BCUT2D eigenvalue weighted by atomic mass is 35.5. The Labute approximate surface area is 203 Å². The molecule has 1 aromatic heterocycles. The number of halogens is 4. The molecule has 0 bridgehead atoms. The van der Waals surface area contributed by atoms with Gasteiger partial charge in [-0.05, 0) is 49.4 Å². The Morgan fingerprint density at radius 3 is 2.40 bits per heavy atom. The summed E-state index contributed by atoms with van der Waals surface area (Å²) in [5.41, 5.74) is 0.00299. The second kappa shape index (κ2) is 11.8. The molecule has 3 N–H and O–H groups in total. The standard InChI is InChI=1S/C23H19ClF3N5O3/c1-2-35-23(34)31-20-5-3-4-19(29-20)30-22(28-12-14-6-8-15(24)11-17(14)26)32-21(33)13-7-9-16(25)18(27)10-13/h3-11H,2,12H2,1H3,(H3,28,29,30,31,32,33,34). The lowest BCUT2D eigenvalue weighted by Crippen LogP contribution is -2.32. The zero-order valence-corrected chi connectivity index (χ0v) is 19.0. The first-order valence-electron chi connectivity index (χ1n) is 10.2. The number of nitrogens with one attached hydrogen (secondary N) is 3. The average Bonchev–Trinajstić information content (AvgIpc) is 2.80. The van der Waals surface area contributed by atoms with Crippen LogP contribution in [0.25, 0.3) is 0 Å². The largest absolute Gasteiger partial charge is 0.450 e. The Hall–Kier alpha value is -4.12. The Kier molecular flexibility index (Phi) is 8.63. The van der Waals surface area contributed by atoms with Crippen LogP contribution >= 0.6 is 11.6 Å². The number of nitrogens with zero attached hydrogens (tertiary/aromatic N) is 2. The second-order valence-electron chi connectivity index (χ2n) is 6.86. The molecule has 0 aliphatic rings. The number of ether oxygens (including phenoxy) is 1. The summed E-state index contributed by atoms with van der Waals surface area (Å²) >= 11 is 5.77. The van der Waals surface area contributed by atoms with Crippen molar-refractivity contribution < 1.29 is 27.5 Å². The summed E-state index contributed by atoms with van der Waals surface area (Å²) < 4.78 is 45.8. The summed E-state index contributed by atoms with van der Waals surface area (Å²) in [6.07, 6.45) is -0.712. The second-order valence-corrected chi connectivity index (χ2v) is 7.30. The van der Waals surface area contributed by atoms with Gasteiger partial charge < -0.3 is 15.4 Å². The smallest absolute Gasteiger partial charge is 0.412 e. The highest BCUT2D eigenvalue weighted by Crippen LogP contribution is 2.15. The highest BCUT2D eigenvalue weighted by Gasteiger charge is 2.13. The number of anilines is 2. The first-order valence-corrected chi connectivity index (χ1v) is 10.6. The molecule has 1 heterocycles. The lowest BCUT2D eigenvalue weighted by atomic mass is 10.2. The third-order valence-corrected chi connectivity index (χ3v) is 4.58. The number of hydrogen-bond donors (Lipinski definition) is 3. The quantitative estimate of drug-likeness (QED) is 0.317. The molecule has 0 saturated heterocycles. The SMILES string of the molecule is CCOC(=O)Nc1cccc(N/C(=N\C(=O)c2ccc(F)c(F)c2)NCc2ccc(Cl)cc2F)n1. The number of carbonyl (C=O) groups is 2. The van der Waals surface area contributed by atoms with Crippen LogP contribution in [0.4, 0.5) is 29.6 Å². The van der Waals surface area contributed by atoms with E-state index in [1.807, 2.05) is 0 Å². The Bertz CT molecular complexity index is 1270. The van der Waals surface area contributed by atoms with Crippen molar-refractivity contribution in [3.8, 4) is 0 Å². The molecular formula is C23H19ClF3N5O3. The number of amides is 2. The van der Waals surface area contributed by atoms with Gasteiger partial charge in [0.1, 0.15) is 17.5 Å². The number of carbonyl (C=O) groups excluding carboxylic acids is 2. The number of aliphatic imine (C=N–C) groups is 1. The van der Waals surface area contributed by atoms with Gasteiger partial charge in [0.05, 0.1) is 6.61 Å². The topological polar surface area (TPSA) is 105 Å². The molecule has 0 radical (unpaired) electrons. The molecule has 2 amide bonds. The Balaban J connectivity index is 1.85. The van der Waals surface area contributed by atoms with Gasteiger partial charge in [-0.25, -0.2) is 22.9 Å². The normalized spacial score (nSPS) is 11.1. The maximum absolute atomic E-state index is 14.2. The maximum atomic E-state index is 14.2. The van der Waals surface area contributed by atoms with Crippen molar-refractivity contribution in [3.63, 3.8) is 0 Å². The summed E-state index contributed by atoms with van der Waals surface area (Å²) in [6, 6.07) is 11.2. The van der Waals surface area contributed by atoms with Gasteiger partial charge in [0, 0.05) is 22.7 Å². The van der Waals surface area contributed by atoms with Gasteiger partial charge in [-0.3, -0.25) is 10.1 Å². The van der Waals surface area contributed by atoms with Gasteiger partial charge >= 0.3 is 6.09 Å². The number of aromatic nitrogens is 1. The van der Waals surface area contributed by atoms with Crippen molar-refractivity contribution in [3.05, 3.63) is 88.2 Å². The summed E-state index contributed by atoms with van der Waals surface area (Å²) in [5.74, 6) is -3.70. The van der Waals surface area contributed by atoms with Gasteiger partial charge in [-0.15, -0.1) is 0 Å². The molecule has 0 fully saturated rings. The molecule has 0 atom stereocenters. The molecular weight excluding hydrogens is 487 g/mol. The van der Waals surface area contributed by atoms with Gasteiger partial charge in [0.2, 0.25) is 5.96 Å². The predicted molar refractivity (Wildman–Crippen MR) is 125 cm³/mol. The van der Waals surface area contributed by atoms with E-state index in [-0.39, 0.29) is 46.9 Å². The minimum Gasteiger partial charge on any atom is -0.450 e. The van der Waals surface area contributed by atoms with Crippen LogP contribution < -0.4 is 16.0 Å². The van der Waals surface area contributed by atoms with Gasteiger partial charge in [0.25, 0.3) is 5.91 Å². The Morgan fingerprint density at radius 2 is 1.71 bits per heavy atom. The van der Waals surface area contributed by atoms with E-state index in [0.29, 0.717) is 6.07 Å².